The Labute approximate surface area is 223 Å². The summed E-state index contributed by atoms with van der Waals surface area (Å²) in [4.78, 5) is 31.1. The first-order chi connectivity index (χ1) is 18.5. The zero-order chi connectivity index (χ0) is 28.1. The van der Waals surface area contributed by atoms with Gasteiger partial charge < -0.3 is 19.7 Å². The molecule has 39 heavy (non-hydrogen) atoms. The number of hydrogen-bond acceptors (Lipinski definition) is 7. The van der Waals surface area contributed by atoms with Gasteiger partial charge in [-0.15, -0.1) is 11.8 Å². The van der Waals surface area contributed by atoms with Crippen molar-refractivity contribution in [1.82, 2.24) is 19.8 Å². The maximum atomic E-state index is 15.0. The molecule has 0 radical (unpaired) electrons. The molecule has 1 amide bonds. The van der Waals surface area contributed by atoms with Crippen LogP contribution in [-0.2, 0) is 17.5 Å². The fourth-order valence-electron chi connectivity index (χ4n) is 4.85. The number of benzene rings is 2. The number of alkyl halides is 3. The SMILES string of the molecule is COCC1Cn2c(=O)nc(OC(=O)N3CCNC(C)C3)c3cc(C(F)(F)F)c(-c4ccc(F)cc4F)c(c32)S1. The first-order valence-electron chi connectivity index (χ1n) is 12.0. The first kappa shape index (κ1) is 27.3. The molecule has 1 aromatic heterocycles. The van der Waals surface area contributed by atoms with Gasteiger partial charge in [0.2, 0.25) is 5.88 Å². The summed E-state index contributed by atoms with van der Waals surface area (Å²) < 4.78 is 83.9. The van der Waals surface area contributed by atoms with Crippen LogP contribution in [0.2, 0.25) is 0 Å². The standard InChI is InChI=1S/C25H23F5N4O4S/c1-12-9-33(6-5-31-12)24(36)38-22-16-8-17(25(28,29)30)19(15-4-3-13(26)7-18(15)27)21-20(16)34(23(35)32-22)10-14(39-21)11-37-2/h3-4,7-8,12,14,31H,5-6,9-11H2,1-2H3. The van der Waals surface area contributed by atoms with Gasteiger partial charge in [0.1, 0.15) is 11.6 Å². The lowest BCUT2D eigenvalue weighted by Crippen LogP contribution is -2.52. The number of halogens is 5. The highest BCUT2D eigenvalue weighted by Crippen LogP contribution is 2.50. The summed E-state index contributed by atoms with van der Waals surface area (Å²) in [7, 11) is 1.40. The normalized spacial score (nSPS) is 19.4. The van der Waals surface area contributed by atoms with Crippen LogP contribution in [0.5, 0.6) is 5.88 Å². The van der Waals surface area contributed by atoms with E-state index in [2.05, 4.69) is 10.3 Å². The first-order valence-corrected chi connectivity index (χ1v) is 12.9. The average Bonchev–Trinajstić information content (AvgIpc) is 2.86. The van der Waals surface area contributed by atoms with Crippen molar-refractivity contribution in [3.63, 3.8) is 0 Å². The van der Waals surface area contributed by atoms with E-state index in [-0.39, 0.29) is 41.5 Å². The molecule has 0 spiro atoms. The van der Waals surface area contributed by atoms with E-state index in [4.69, 9.17) is 9.47 Å². The third-order valence-electron chi connectivity index (χ3n) is 6.52. The van der Waals surface area contributed by atoms with E-state index in [1.807, 2.05) is 6.92 Å². The van der Waals surface area contributed by atoms with Gasteiger partial charge in [0, 0.05) is 61.4 Å². The topological polar surface area (TPSA) is 85.7 Å². The van der Waals surface area contributed by atoms with Gasteiger partial charge in [-0.1, -0.05) is 0 Å². The van der Waals surface area contributed by atoms with Crippen LogP contribution in [-0.4, -0.2) is 65.2 Å². The molecule has 0 bridgehead atoms. The highest BCUT2D eigenvalue weighted by molar-refractivity contribution is 8.00. The molecule has 1 saturated heterocycles. The van der Waals surface area contributed by atoms with E-state index in [1.165, 1.54) is 16.6 Å². The van der Waals surface area contributed by atoms with Crippen molar-refractivity contribution in [2.45, 2.75) is 35.8 Å². The second-order valence-corrected chi connectivity index (χ2v) is 10.6. The fourth-order valence-corrected chi connectivity index (χ4v) is 6.28. The lowest BCUT2D eigenvalue weighted by molar-refractivity contribution is -0.137. The number of methoxy groups -OCH3 is 1. The molecule has 0 aliphatic carbocycles. The monoisotopic (exact) mass is 570 g/mol. The second-order valence-electron chi connectivity index (χ2n) is 9.32. The summed E-state index contributed by atoms with van der Waals surface area (Å²) in [6.07, 6.45) is -5.86. The van der Waals surface area contributed by atoms with Gasteiger partial charge in [-0.3, -0.25) is 4.57 Å². The molecule has 0 saturated carbocycles. The number of carbonyl (C=O) groups is 1. The summed E-state index contributed by atoms with van der Waals surface area (Å²) in [6, 6.07) is 2.93. The predicted molar refractivity (Wildman–Crippen MR) is 133 cm³/mol. The maximum absolute atomic E-state index is 15.0. The zero-order valence-corrected chi connectivity index (χ0v) is 21.6. The number of piperazine rings is 1. The predicted octanol–water partition coefficient (Wildman–Crippen LogP) is 4.27. The van der Waals surface area contributed by atoms with E-state index in [0.717, 1.165) is 23.9 Å². The molecule has 2 aliphatic rings. The average molecular weight is 571 g/mol. The number of nitrogens with one attached hydrogen (secondary N) is 1. The van der Waals surface area contributed by atoms with E-state index in [1.54, 1.807) is 0 Å². The second kappa shape index (κ2) is 10.4. The fraction of sp³-hybridized carbons (Fsp3) is 0.400. The van der Waals surface area contributed by atoms with Crippen LogP contribution in [0.25, 0.3) is 22.0 Å². The Balaban J connectivity index is 1.78. The van der Waals surface area contributed by atoms with Crippen molar-refractivity contribution in [2.24, 2.45) is 0 Å². The van der Waals surface area contributed by atoms with Crippen LogP contribution >= 0.6 is 11.8 Å². The van der Waals surface area contributed by atoms with Crippen molar-refractivity contribution < 1.29 is 36.2 Å². The third-order valence-corrected chi connectivity index (χ3v) is 7.78. The van der Waals surface area contributed by atoms with Gasteiger partial charge >= 0.3 is 18.0 Å². The van der Waals surface area contributed by atoms with Crippen molar-refractivity contribution in [1.29, 1.82) is 0 Å². The summed E-state index contributed by atoms with van der Waals surface area (Å²) in [6.45, 7) is 3.02. The van der Waals surface area contributed by atoms with Crippen molar-refractivity contribution in [2.75, 3.05) is 33.4 Å². The van der Waals surface area contributed by atoms with E-state index >= 15 is 0 Å². The quantitative estimate of drug-likeness (QED) is 0.469. The lowest BCUT2D eigenvalue weighted by Gasteiger charge is -2.31. The molecule has 2 aliphatic heterocycles. The molecule has 208 valence electrons. The molecule has 3 aromatic rings. The van der Waals surface area contributed by atoms with Gasteiger partial charge in [-0.05, 0) is 25.1 Å². The molecule has 2 unspecified atom stereocenters. The Kier molecular flexibility index (Phi) is 7.29. The molecular formula is C25H23F5N4O4S. The molecule has 3 heterocycles. The number of hydrogen-bond donors (Lipinski definition) is 1. The molecule has 5 rings (SSSR count). The van der Waals surface area contributed by atoms with E-state index in [0.29, 0.717) is 25.2 Å². The number of aromatic nitrogens is 2. The summed E-state index contributed by atoms with van der Waals surface area (Å²) >= 11 is 0.971. The number of thioether (sulfide) groups is 1. The lowest BCUT2D eigenvalue weighted by atomic mass is 9.96. The van der Waals surface area contributed by atoms with Crippen LogP contribution < -0.4 is 15.7 Å². The number of ether oxygens (including phenoxy) is 2. The molecule has 2 aromatic carbocycles. The molecule has 1 fully saturated rings. The van der Waals surface area contributed by atoms with Crippen LogP contribution in [0.4, 0.5) is 26.7 Å². The summed E-state index contributed by atoms with van der Waals surface area (Å²) in [5, 5.41) is 2.40. The Hall–Kier alpha value is -3.23. The molecule has 2 atom stereocenters. The minimum atomic E-state index is -4.99. The molecule has 8 nitrogen and oxygen atoms in total. The third kappa shape index (κ3) is 5.20. The van der Waals surface area contributed by atoms with Gasteiger partial charge in [0.25, 0.3) is 0 Å². The van der Waals surface area contributed by atoms with Crippen molar-refractivity contribution in [3.8, 4) is 17.0 Å². The Morgan fingerprint density at radius 2 is 2.00 bits per heavy atom. The highest BCUT2D eigenvalue weighted by Gasteiger charge is 2.40. The Morgan fingerprint density at radius 1 is 1.23 bits per heavy atom. The van der Waals surface area contributed by atoms with Crippen LogP contribution in [0.1, 0.15) is 12.5 Å². The van der Waals surface area contributed by atoms with Crippen LogP contribution in [0.15, 0.2) is 34.0 Å². The van der Waals surface area contributed by atoms with Crippen molar-refractivity contribution in [3.05, 3.63) is 51.9 Å². The zero-order valence-electron chi connectivity index (χ0n) is 20.8. The van der Waals surface area contributed by atoms with E-state index < -0.39 is 57.4 Å². The molecule has 14 heteroatoms. The van der Waals surface area contributed by atoms with E-state index in [9.17, 15) is 31.5 Å². The smallest absolute Gasteiger partial charge is 0.390 e. The summed E-state index contributed by atoms with van der Waals surface area (Å²) in [5.41, 5.74) is -3.13. The molecule has 1 N–H and O–H groups in total. The van der Waals surface area contributed by atoms with Gasteiger partial charge in [-0.25, -0.2) is 18.4 Å². The Bertz CT molecular complexity index is 1510. The maximum Gasteiger partial charge on any atom is 0.417 e. The number of nitrogens with zero attached hydrogens (tertiary/aromatic N) is 3. The van der Waals surface area contributed by atoms with Crippen molar-refractivity contribution >= 4 is 28.8 Å². The van der Waals surface area contributed by atoms with Gasteiger partial charge in [0.05, 0.1) is 28.3 Å². The van der Waals surface area contributed by atoms with Crippen LogP contribution in [0.3, 0.4) is 0 Å². The number of rotatable bonds is 4. The highest BCUT2D eigenvalue weighted by atomic mass is 32.2. The summed E-state index contributed by atoms with van der Waals surface area (Å²) in [5.74, 6) is -2.74. The molecular weight excluding hydrogens is 547 g/mol. The minimum absolute atomic E-state index is 0.00977. The van der Waals surface area contributed by atoms with Gasteiger partial charge in [0.15, 0.2) is 0 Å². The largest absolute Gasteiger partial charge is 0.417 e. The minimum Gasteiger partial charge on any atom is -0.390 e. The number of carbonyl (C=O) groups excluding carboxylic acids is 1. The van der Waals surface area contributed by atoms with Gasteiger partial charge in [-0.2, -0.15) is 18.2 Å². The Morgan fingerprint density at radius 3 is 2.67 bits per heavy atom. The van der Waals surface area contributed by atoms with Crippen LogP contribution in [0, 0.1) is 11.6 Å². The number of amides is 1.